The largest absolute Gasteiger partial charge is 0.321 e. The Morgan fingerprint density at radius 3 is 2.10 bits per heavy atom. The minimum atomic E-state index is 0.1000. The second-order valence-electron chi connectivity index (χ2n) is 3.39. The van der Waals surface area contributed by atoms with Crippen molar-refractivity contribution in [1.29, 1.82) is 5.53 Å². The molecule has 58 valence electrons. The molecular formula is C6H14N4. The first-order valence-corrected chi connectivity index (χ1v) is 3.14. The molecule has 10 heavy (non-hydrogen) atoms. The molecule has 0 fully saturated rings. The third-order valence-corrected chi connectivity index (χ3v) is 0.967. The first kappa shape index (κ1) is 9.07. The van der Waals surface area contributed by atoms with Crippen LogP contribution in [0.1, 0.15) is 27.2 Å². The van der Waals surface area contributed by atoms with Crippen LogP contribution >= 0.6 is 0 Å². The quantitative estimate of drug-likeness (QED) is 0.189. The van der Waals surface area contributed by atoms with Crippen LogP contribution in [-0.2, 0) is 0 Å². The van der Waals surface area contributed by atoms with E-state index in [-0.39, 0.29) is 5.41 Å². The molecule has 0 aromatic carbocycles. The molecule has 0 aromatic heterocycles. The predicted molar refractivity (Wildman–Crippen MR) is 40.8 cm³/mol. The highest BCUT2D eigenvalue weighted by molar-refractivity contribution is 5.82. The number of nitrogens with two attached hydrogens (primary N) is 1. The van der Waals surface area contributed by atoms with E-state index in [9.17, 15) is 0 Å². The average Bonchev–Trinajstić information content (AvgIpc) is 1.81. The second kappa shape index (κ2) is 3.29. The lowest BCUT2D eigenvalue weighted by molar-refractivity contribution is 0.431. The van der Waals surface area contributed by atoms with Gasteiger partial charge in [-0.25, -0.2) is 5.53 Å². The van der Waals surface area contributed by atoms with E-state index in [1.54, 1.807) is 0 Å². The molecule has 0 aliphatic carbocycles. The van der Waals surface area contributed by atoms with Gasteiger partial charge in [-0.1, -0.05) is 20.8 Å². The highest BCUT2D eigenvalue weighted by atomic mass is 15.2. The van der Waals surface area contributed by atoms with Crippen molar-refractivity contribution in [1.82, 2.24) is 0 Å². The molecule has 0 amide bonds. The zero-order valence-electron chi connectivity index (χ0n) is 6.68. The normalized spacial score (nSPS) is 13.3. The number of hydrazone groups is 1. The summed E-state index contributed by atoms with van der Waals surface area (Å²) in [6, 6.07) is 0. The summed E-state index contributed by atoms with van der Waals surface area (Å²) in [6.07, 6.45) is 0.646. The fourth-order valence-corrected chi connectivity index (χ4v) is 0.588. The Hall–Kier alpha value is -0.930. The van der Waals surface area contributed by atoms with E-state index in [4.69, 9.17) is 11.4 Å². The van der Waals surface area contributed by atoms with Crippen molar-refractivity contribution in [2.75, 3.05) is 0 Å². The van der Waals surface area contributed by atoms with Gasteiger partial charge in [-0.2, -0.15) is 5.10 Å². The molecule has 0 aliphatic rings. The highest BCUT2D eigenvalue weighted by Gasteiger charge is 2.13. The van der Waals surface area contributed by atoms with Gasteiger partial charge in [-0.3, -0.25) is 0 Å². The van der Waals surface area contributed by atoms with E-state index < -0.39 is 0 Å². The summed E-state index contributed by atoms with van der Waals surface area (Å²) < 4.78 is 0. The Labute approximate surface area is 61.0 Å². The summed E-state index contributed by atoms with van der Waals surface area (Å²) >= 11 is 0. The first-order chi connectivity index (χ1) is 4.49. The molecule has 0 unspecified atom stereocenters. The number of nitrogens with one attached hydrogen (secondary N) is 1. The summed E-state index contributed by atoms with van der Waals surface area (Å²) in [5.41, 5.74) is 6.75. The van der Waals surface area contributed by atoms with Crippen molar-refractivity contribution in [2.24, 2.45) is 21.5 Å². The Balaban J connectivity index is 4.01. The average molecular weight is 142 g/mol. The van der Waals surface area contributed by atoms with Gasteiger partial charge in [-0.05, 0) is 5.41 Å². The monoisotopic (exact) mass is 142 g/mol. The lowest BCUT2D eigenvalue weighted by atomic mass is 9.92. The van der Waals surface area contributed by atoms with Gasteiger partial charge in [-0.15, -0.1) is 5.11 Å². The highest BCUT2D eigenvalue weighted by Crippen LogP contribution is 2.19. The summed E-state index contributed by atoms with van der Waals surface area (Å²) in [6.45, 7) is 6.14. The van der Waals surface area contributed by atoms with Gasteiger partial charge in [0.05, 0.1) is 0 Å². The number of amidine groups is 1. The summed E-state index contributed by atoms with van der Waals surface area (Å²) in [7, 11) is 0. The molecule has 4 heteroatoms. The first-order valence-electron chi connectivity index (χ1n) is 3.14. The second-order valence-corrected chi connectivity index (χ2v) is 3.39. The molecule has 0 atom stereocenters. The lowest BCUT2D eigenvalue weighted by Crippen LogP contribution is -2.12. The van der Waals surface area contributed by atoms with Gasteiger partial charge in [0.25, 0.3) is 0 Å². The van der Waals surface area contributed by atoms with E-state index in [1.807, 2.05) is 20.8 Å². The summed E-state index contributed by atoms with van der Waals surface area (Å²) in [5.74, 6) is 5.36. The number of nitrogens with zero attached hydrogens (tertiary/aromatic N) is 2. The van der Waals surface area contributed by atoms with Crippen molar-refractivity contribution in [3.8, 4) is 0 Å². The molecule has 0 saturated heterocycles. The van der Waals surface area contributed by atoms with Gasteiger partial charge in [0.2, 0.25) is 0 Å². The van der Waals surface area contributed by atoms with Gasteiger partial charge in [0, 0.05) is 6.42 Å². The summed E-state index contributed by atoms with van der Waals surface area (Å²) in [5, 5.41) is 6.52. The fraction of sp³-hybridized carbons (Fsp3) is 0.833. The number of hydrogen-bond acceptors (Lipinski definition) is 3. The molecule has 0 rings (SSSR count). The Morgan fingerprint density at radius 2 is 2.00 bits per heavy atom. The van der Waals surface area contributed by atoms with Crippen LogP contribution in [0.15, 0.2) is 10.2 Å². The Kier molecular flexibility index (Phi) is 2.99. The standard InChI is InChI=1S/C6H14N4/c1-6(2,3)4-5(9-7)10-8/h7H,4,8H2,1-3H3/b9-7?,10-5+. The zero-order valence-corrected chi connectivity index (χ0v) is 6.68. The van der Waals surface area contributed by atoms with Gasteiger partial charge in [0.1, 0.15) is 0 Å². The molecule has 0 saturated carbocycles. The maximum atomic E-state index is 6.65. The van der Waals surface area contributed by atoms with E-state index >= 15 is 0 Å². The van der Waals surface area contributed by atoms with Crippen LogP contribution in [-0.4, -0.2) is 5.84 Å². The van der Waals surface area contributed by atoms with Crippen molar-refractivity contribution in [3.63, 3.8) is 0 Å². The smallest absolute Gasteiger partial charge is 0.170 e. The molecular weight excluding hydrogens is 128 g/mol. The van der Waals surface area contributed by atoms with Gasteiger partial charge in [0.15, 0.2) is 5.84 Å². The third-order valence-electron chi connectivity index (χ3n) is 0.967. The third kappa shape index (κ3) is 4.00. The van der Waals surface area contributed by atoms with Gasteiger partial charge >= 0.3 is 0 Å². The van der Waals surface area contributed by atoms with Crippen molar-refractivity contribution >= 4 is 5.84 Å². The SMILES string of the molecule is CC(C)(C)C/C(N=N)=N\N. The van der Waals surface area contributed by atoms with E-state index in [0.717, 1.165) is 0 Å². The summed E-state index contributed by atoms with van der Waals surface area (Å²) in [4.78, 5) is 0. The number of rotatable bonds is 1. The molecule has 0 radical (unpaired) electrons. The van der Waals surface area contributed by atoms with Crippen molar-refractivity contribution in [3.05, 3.63) is 0 Å². The van der Waals surface area contributed by atoms with Crippen LogP contribution in [0.5, 0.6) is 0 Å². The molecule has 4 nitrogen and oxygen atoms in total. The molecule has 0 aromatic rings. The topological polar surface area (TPSA) is 74.6 Å². The van der Waals surface area contributed by atoms with Crippen LogP contribution in [0.25, 0.3) is 0 Å². The van der Waals surface area contributed by atoms with Crippen LogP contribution in [0, 0.1) is 10.9 Å². The van der Waals surface area contributed by atoms with Gasteiger partial charge < -0.3 is 5.84 Å². The molecule has 3 N–H and O–H groups in total. The Morgan fingerprint density at radius 1 is 1.50 bits per heavy atom. The lowest BCUT2D eigenvalue weighted by Gasteiger charge is -2.15. The van der Waals surface area contributed by atoms with Crippen LogP contribution < -0.4 is 5.84 Å². The fourth-order valence-electron chi connectivity index (χ4n) is 0.588. The maximum Gasteiger partial charge on any atom is 0.170 e. The molecule has 0 heterocycles. The van der Waals surface area contributed by atoms with E-state index in [2.05, 4.69) is 10.2 Å². The predicted octanol–water partition coefficient (Wildman–Crippen LogP) is 1.73. The van der Waals surface area contributed by atoms with Crippen molar-refractivity contribution in [2.45, 2.75) is 27.2 Å². The molecule has 0 bridgehead atoms. The minimum absolute atomic E-state index is 0.1000. The molecule has 0 spiro atoms. The van der Waals surface area contributed by atoms with Crippen LogP contribution in [0.2, 0.25) is 0 Å². The Bertz CT molecular complexity index is 142. The van der Waals surface area contributed by atoms with Crippen LogP contribution in [0.3, 0.4) is 0 Å². The van der Waals surface area contributed by atoms with E-state index in [0.29, 0.717) is 12.3 Å². The number of hydrogen-bond donors (Lipinski definition) is 2. The van der Waals surface area contributed by atoms with Crippen LogP contribution in [0.4, 0.5) is 0 Å². The molecule has 0 aliphatic heterocycles. The van der Waals surface area contributed by atoms with E-state index in [1.165, 1.54) is 0 Å². The zero-order chi connectivity index (χ0) is 8.20. The minimum Gasteiger partial charge on any atom is -0.321 e. The maximum absolute atomic E-state index is 6.65. The van der Waals surface area contributed by atoms with Crippen molar-refractivity contribution < 1.29 is 0 Å².